The van der Waals surface area contributed by atoms with Gasteiger partial charge in [0.05, 0.1) is 4.90 Å². The van der Waals surface area contributed by atoms with E-state index in [9.17, 15) is 8.42 Å². The molecule has 1 rings (SSSR count). The molecule has 0 saturated heterocycles. The number of sulfone groups is 1. The van der Waals surface area contributed by atoms with E-state index in [0.29, 0.717) is 0 Å². The summed E-state index contributed by atoms with van der Waals surface area (Å²) in [6.07, 6.45) is 2.73. The average Bonchev–Trinajstić information content (AvgIpc) is 2.06. The van der Waals surface area contributed by atoms with Crippen molar-refractivity contribution < 1.29 is 13.5 Å². The molecule has 0 fully saturated rings. The van der Waals surface area contributed by atoms with E-state index in [1.165, 1.54) is 24.5 Å². The van der Waals surface area contributed by atoms with E-state index in [1.807, 2.05) is 0 Å². The van der Waals surface area contributed by atoms with Gasteiger partial charge in [0.25, 0.3) is 0 Å². The molecule has 0 aliphatic carbocycles. The molecule has 0 aliphatic heterocycles. The molecule has 0 aliphatic rings. The van der Waals surface area contributed by atoms with Crippen LogP contribution in [-0.4, -0.2) is 24.4 Å². The Hall–Kier alpha value is -0.940. The van der Waals surface area contributed by atoms with Crippen molar-refractivity contribution in [2.75, 3.05) is 5.94 Å². The van der Waals surface area contributed by atoms with E-state index in [1.54, 1.807) is 0 Å². The van der Waals surface area contributed by atoms with Crippen LogP contribution in [0, 0.1) is 0 Å². The van der Waals surface area contributed by atoms with Gasteiger partial charge in [0, 0.05) is 12.4 Å². The molecule has 0 radical (unpaired) electrons. The van der Waals surface area contributed by atoms with Crippen molar-refractivity contribution in [1.29, 1.82) is 0 Å². The van der Waals surface area contributed by atoms with E-state index < -0.39 is 15.8 Å². The number of rotatable bonds is 2. The SMILES string of the molecule is O=S(=O)(CO)c1ccncc1. The molecule has 0 saturated carbocycles. The smallest absolute Gasteiger partial charge is 0.202 e. The Morgan fingerprint density at radius 1 is 1.36 bits per heavy atom. The molecule has 60 valence electrons. The lowest BCUT2D eigenvalue weighted by Crippen LogP contribution is -2.05. The highest BCUT2D eigenvalue weighted by Crippen LogP contribution is 2.06. The van der Waals surface area contributed by atoms with Gasteiger partial charge in [-0.2, -0.15) is 0 Å². The Morgan fingerprint density at radius 2 is 1.91 bits per heavy atom. The molecule has 0 spiro atoms. The standard InChI is InChI=1S/C6H7NO3S/c8-5-11(9,10)6-1-3-7-4-2-6/h1-4,8H,5H2. The minimum absolute atomic E-state index is 0.0926. The van der Waals surface area contributed by atoms with Gasteiger partial charge in [-0.3, -0.25) is 4.98 Å². The molecule has 0 atom stereocenters. The van der Waals surface area contributed by atoms with Crippen LogP contribution in [0.3, 0.4) is 0 Å². The largest absolute Gasteiger partial charge is 0.380 e. The summed E-state index contributed by atoms with van der Waals surface area (Å²) in [5.74, 6) is -0.864. The zero-order valence-electron chi connectivity index (χ0n) is 5.64. The molecular weight excluding hydrogens is 166 g/mol. The second-order valence-electron chi connectivity index (χ2n) is 1.93. The Labute approximate surface area is 64.4 Å². The number of nitrogens with zero attached hydrogens (tertiary/aromatic N) is 1. The molecule has 0 unspecified atom stereocenters. The first-order chi connectivity index (χ1) is 5.17. The third-order valence-corrected chi connectivity index (χ3v) is 2.51. The van der Waals surface area contributed by atoms with Crippen LogP contribution in [0.4, 0.5) is 0 Å². The highest BCUT2D eigenvalue weighted by Gasteiger charge is 2.10. The minimum Gasteiger partial charge on any atom is -0.380 e. The molecule has 1 aromatic rings. The van der Waals surface area contributed by atoms with Crippen molar-refractivity contribution in [2.24, 2.45) is 0 Å². The summed E-state index contributed by atoms with van der Waals surface area (Å²) in [5.41, 5.74) is 0. The van der Waals surface area contributed by atoms with E-state index >= 15 is 0 Å². The zero-order chi connectivity index (χ0) is 8.32. The van der Waals surface area contributed by atoms with Crippen LogP contribution in [0.2, 0.25) is 0 Å². The fourth-order valence-corrected chi connectivity index (χ4v) is 1.31. The predicted molar refractivity (Wildman–Crippen MR) is 38.5 cm³/mol. The predicted octanol–water partition coefficient (Wildman–Crippen LogP) is -0.195. The highest BCUT2D eigenvalue weighted by atomic mass is 32.2. The van der Waals surface area contributed by atoms with E-state index in [0.717, 1.165) is 0 Å². The van der Waals surface area contributed by atoms with Crippen molar-refractivity contribution in [3.05, 3.63) is 24.5 Å². The number of aromatic nitrogens is 1. The van der Waals surface area contributed by atoms with Crippen LogP contribution in [0.15, 0.2) is 29.4 Å². The van der Waals surface area contributed by atoms with Crippen molar-refractivity contribution >= 4 is 9.84 Å². The minimum atomic E-state index is -3.48. The molecule has 0 aromatic carbocycles. The number of hydrogen-bond acceptors (Lipinski definition) is 4. The lowest BCUT2D eigenvalue weighted by atomic mass is 10.5. The lowest BCUT2D eigenvalue weighted by molar-refractivity contribution is 0.358. The maximum atomic E-state index is 10.9. The summed E-state index contributed by atoms with van der Waals surface area (Å²) in [7, 11) is -3.48. The van der Waals surface area contributed by atoms with Crippen LogP contribution in [-0.2, 0) is 9.84 Å². The van der Waals surface area contributed by atoms with Gasteiger partial charge in [0.15, 0.2) is 0 Å². The Kier molecular flexibility index (Phi) is 2.21. The van der Waals surface area contributed by atoms with E-state index in [4.69, 9.17) is 5.11 Å². The molecule has 1 heterocycles. The molecule has 0 bridgehead atoms. The van der Waals surface area contributed by atoms with Crippen molar-refractivity contribution in [2.45, 2.75) is 4.90 Å². The van der Waals surface area contributed by atoms with E-state index in [2.05, 4.69) is 4.98 Å². The second-order valence-corrected chi connectivity index (χ2v) is 3.89. The number of hydrogen-bond donors (Lipinski definition) is 1. The summed E-state index contributed by atoms with van der Waals surface area (Å²) >= 11 is 0. The quantitative estimate of drug-likeness (QED) is 0.672. The van der Waals surface area contributed by atoms with Gasteiger partial charge >= 0.3 is 0 Å². The van der Waals surface area contributed by atoms with Gasteiger partial charge in [-0.25, -0.2) is 8.42 Å². The molecule has 11 heavy (non-hydrogen) atoms. The first-order valence-electron chi connectivity index (χ1n) is 2.90. The van der Waals surface area contributed by atoms with E-state index in [-0.39, 0.29) is 4.90 Å². The molecule has 5 heteroatoms. The maximum Gasteiger partial charge on any atom is 0.202 e. The number of pyridine rings is 1. The average molecular weight is 173 g/mol. The molecule has 4 nitrogen and oxygen atoms in total. The monoisotopic (exact) mass is 173 g/mol. The third kappa shape index (κ3) is 1.75. The van der Waals surface area contributed by atoms with Crippen molar-refractivity contribution in [1.82, 2.24) is 4.98 Å². The van der Waals surface area contributed by atoms with Crippen LogP contribution in [0.5, 0.6) is 0 Å². The Bertz CT molecular complexity index is 319. The van der Waals surface area contributed by atoms with Gasteiger partial charge in [-0.1, -0.05) is 0 Å². The zero-order valence-corrected chi connectivity index (χ0v) is 6.45. The van der Waals surface area contributed by atoms with Gasteiger partial charge in [0.1, 0.15) is 5.94 Å². The van der Waals surface area contributed by atoms with Crippen LogP contribution in [0.1, 0.15) is 0 Å². The summed E-state index contributed by atoms with van der Waals surface area (Å²) < 4.78 is 21.8. The Balaban J connectivity index is 3.14. The summed E-state index contributed by atoms with van der Waals surface area (Å²) in [5, 5.41) is 8.44. The number of aliphatic hydroxyl groups excluding tert-OH is 1. The summed E-state index contributed by atoms with van der Waals surface area (Å²) in [6.45, 7) is 0. The Morgan fingerprint density at radius 3 is 2.36 bits per heavy atom. The van der Waals surface area contributed by atoms with Crippen molar-refractivity contribution in [3.8, 4) is 0 Å². The van der Waals surface area contributed by atoms with Gasteiger partial charge < -0.3 is 5.11 Å². The number of aliphatic hydroxyl groups is 1. The first kappa shape index (κ1) is 8.16. The van der Waals surface area contributed by atoms with Crippen LogP contribution in [0.25, 0.3) is 0 Å². The van der Waals surface area contributed by atoms with Gasteiger partial charge in [-0.05, 0) is 12.1 Å². The normalized spacial score (nSPS) is 11.4. The fourth-order valence-electron chi connectivity index (χ4n) is 0.620. The summed E-state index contributed by atoms with van der Waals surface area (Å²) in [4.78, 5) is 3.74. The summed E-state index contributed by atoms with van der Waals surface area (Å²) in [6, 6.07) is 2.68. The molecule has 0 amide bonds. The second kappa shape index (κ2) is 2.98. The van der Waals surface area contributed by atoms with Crippen molar-refractivity contribution in [3.63, 3.8) is 0 Å². The van der Waals surface area contributed by atoms with Crippen LogP contribution < -0.4 is 0 Å². The highest BCUT2D eigenvalue weighted by molar-refractivity contribution is 7.91. The third-order valence-electron chi connectivity index (χ3n) is 1.18. The van der Waals surface area contributed by atoms with Gasteiger partial charge in [0.2, 0.25) is 9.84 Å². The molecule has 1 N–H and O–H groups in total. The molecular formula is C6H7NO3S. The maximum absolute atomic E-state index is 10.9. The van der Waals surface area contributed by atoms with Crippen LogP contribution >= 0.6 is 0 Å². The fraction of sp³-hybridized carbons (Fsp3) is 0.167. The lowest BCUT2D eigenvalue weighted by Gasteiger charge is -1.97. The molecule has 1 aromatic heterocycles. The topological polar surface area (TPSA) is 67.3 Å². The first-order valence-corrected chi connectivity index (χ1v) is 4.56. The van der Waals surface area contributed by atoms with Gasteiger partial charge in [-0.15, -0.1) is 0 Å².